The lowest BCUT2D eigenvalue weighted by molar-refractivity contribution is 0.144. The highest BCUT2D eigenvalue weighted by molar-refractivity contribution is 5.58. The highest BCUT2D eigenvalue weighted by Crippen LogP contribution is 2.21. The molecule has 7 N–H and O–H groups in total. The fourth-order valence-corrected chi connectivity index (χ4v) is 1.14. The van der Waals surface area contributed by atoms with Crippen LogP contribution in [0.1, 0.15) is 25.0 Å². The molecule has 0 aliphatic rings. The molecule has 0 aromatic carbocycles. The third-order valence-corrected chi connectivity index (χ3v) is 2.19. The number of anilines is 2. The summed E-state index contributed by atoms with van der Waals surface area (Å²) >= 11 is 0. The van der Waals surface area contributed by atoms with Gasteiger partial charge in [-0.2, -0.15) is 0 Å². The quantitative estimate of drug-likeness (QED) is 0.544. The second kappa shape index (κ2) is 4.26. The zero-order chi connectivity index (χ0) is 10.7. The van der Waals surface area contributed by atoms with Gasteiger partial charge in [-0.3, -0.25) is 0 Å². The van der Waals surface area contributed by atoms with Crippen molar-refractivity contribution in [1.82, 2.24) is 4.98 Å². The van der Waals surface area contributed by atoms with Crippen LogP contribution in [-0.4, -0.2) is 16.1 Å². The number of nitrogens with zero attached hydrogens (tertiary/aromatic N) is 1. The van der Waals surface area contributed by atoms with Crippen LogP contribution in [0.25, 0.3) is 0 Å². The van der Waals surface area contributed by atoms with Crippen molar-refractivity contribution in [3.63, 3.8) is 0 Å². The number of aliphatic hydroxyl groups excluding tert-OH is 1. The van der Waals surface area contributed by atoms with Gasteiger partial charge >= 0.3 is 0 Å². The minimum absolute atomic E-state index is 0.269. The van der Waals surface area contributed by atoms with Crippen LogP contribution < -0.4 is 17.2 Å². The largest absolute Gasteiger partial charge is 0.396 e. The summed E-state index contributed by atoms with van der Waals surface area (Å²) in [7, 11) is 0. The lowest BCUT2D eigenvalue weighted by Crippen LogP contribution is -2.27. The third kappa shape index (κ3) is 2.12. The van der Waals surface area contributed by atoms with Gasteiger partial charge in [-0.25, -0.2) is 4.98 Å². The van der Waals surface area contributed by atoms with Crippen molar-refractivity contribution in [3.8, 4) is 0 Å². The normalized spacial score (nSPS) is 15.1. The molecular weight excluding hydrogens is 180 g/mol. The second-order valence-electron chi connectivity index (χ2n) is 3.26. The number of hydrogen-bond donors (Lipinski definition) is 4. The first-order chi connectivity index (χ1) is 6.56. The highest BCUT2D eigenvalue weighted by atomic mass is 16.3. The molecule has 0 unspecified atom stereocenters. The van der Waals surface area contributed by atoms with Crippen LogP contribution in [0.5, 0.6) is 0 Å². The Bertz CT molecular complexity index is 316. The second-order valence-corrected chi connectivity index (χ2v) is 3.26. The molecule has 1 rings (SSSR count). The Balaban J connectivity index is 2.91. The van der Waals surface area contributed by atoms with E-state index in [9.17, 15) is 5.11 Å². The maximum absolute atomic E-state index is 9.74. The van der Waals surface area contributed by atoms with Gasteiger partial charge < -0.3 is 22.3 Å². The summed E-state index contributed by atoms with van der Waals surface area (Å²) in [6.07, 6.45) is 1.44. The van der Waals surface area contributed by atoms with Crippen molar-refractivity contribution >= 4 is 11.5 Å². The summed E-state index contributed by atoms with van der Waals surface area (Å²) < 4.78 is 0. The average Bonchev–Trinajstić information content (AvgIpc) is 2.20. The molecule has 0 saturated carbocycles. The van der Waals surface area contributed by atoms with Gasteiger partial charge in [0, 0.05) is 17.8 Å². The molecule has 0 saturated heterocycles. The smallest absolute Gasteiger partial charge is 0.146 e. The van der Waals surface area contributed by atoms with Gasteiger partial charge in [0.15, 0.2) is 0 Å². The lowest BCUT2D eigenvalue weighted by atomic mass is 10.0. The number of nitrogen functional groups attached to an aromatic ring is 2. The number of nitrogens with two attached hydrogens (primary N) is 3. The molecule has 0 spiro atoms. The Labute approximate surface area is 82.9 Å². The Morgan fingerprint density at radius 2 is 2.14 bits per heavy atom. The molecule has 0 bridgehead atoms. The van der Waals surface area contributed by atoms with Crippen molar-refractivity contribution in [3.05, 3.63) is 17.8 Å². The molecule has 0 aliphatic carbocycles. The first kappa shape index (κ1) is 10.7. The van der Waals surface area contributed by atoms with E-state index in [-0.39, 0.29) is 11.9 Å². The Kier molecular flexibility index (Phi) is 3.27. The van der Waals surface area contributed by atoms with Crippen LogP contribution in [0.3, 0.4) is 0 Å². The third-order valence-electron chi connectivity index (χ3n) is 2.19. The van der Waals surface area contributed by atoms with Crippen molar-refractivity contribution in [2.24, 2.45) is 5.73 Å². The van der Waals surface area contributed by atoms with Gasteiger partial charge in [-0.15, -0.1) is 0 Å². The first-order valence-corrected chi connectivity index (χ1v) is 4.50. The molecule has 5 nitrogen and oxygen atoms in total. The van der Waals surface area contributed by atoms with Gasteiger partial charge in [-0.05, 0) is 12.5 Å². The lowest BCUT2D eigenvalue weighted by Gasteiger charge is -2.17. The van der Waals surface area contributed by atoms with Gasteiger partial charge in [0.25, 0.3) is 0 Å². The van der Waals surface area contributed by atoms with Gasteiger partial charge in [0.05, 0.1) is 11.8 Å². The number of hydrogen-bond acceptors (Lipinski definition) is 5. The van der Waals surface area contributed by atoms with Crippen molar-refractivity contribution in [1.29, 1.82) is 0 Å². The summed E-state index contributed by atoms with van der Waals surface area (Å²) in [6.45, 7) is 1.90. The number of aromatic nitrogens is 1. The number of pyridine rings is 1. The Morgan fingerprint density at radius 1 is 1.50 bits per heavy atom. The van der Waals surface area contributed by atoms with Crippen molar-refractivity contribution < 1.29 is 5.11 Å². The van der Waals surface area contributed by atoms with Crippen LogP contribution in [0.2, 0.25) is 0 Å². The molecule has 78 valence electrons. The summed E-state index contributed by atoms with van der Waals surface area (Å²) in [4.78, 5) is 3.85. The van der Waals surface area contributed by atoms with Crippen LogP contribution in [0, 0.1) is 0 Å². The summed E-state index contributed by atoms with van der Waals surface area (Å²) in [5.41, 5.74) is 17.7. The van der Waals surface area contributed by atoms with E-state index >= 15 is 0 Å². The Morgan fingerprint density at radius 3 is 2.64 bits per heavy atom. The highest BCUT2D eigenvalue weighted by Gasteiger charge is 2.16. The van der Waals surface area contributed by atoms with Crippen molar-refractivity contribution in [2.45, 2.75) is 25.5 Å². The summed E-state index contributed by atoms with van der Waals surface area (Å²) in [5.74, 6) is 0.269. The van der Waals surface area contributed by atoms with Crippen LogP contribution in [-0.2, 0) is 0 Å². The molecule has 1 heterocycles. The van der Waals surface area contributed by atoms with E-state index in [1.54, 1.807) is 6.07 Å². The van der Waals surface area contributed by atoms with Gasteiger partial charge in [0.2, 0.25) is 0 Å². The van der Waals surface area contributed by atoms with E-state index in [1.165, 1.54) is 6.20 Å². The number of aliphatic hydroxyl groups is 1. The fourth-order valence-electron chi connectivity index (χ4n) is 1.14. The molecule has 2 atom stereocenters. The van der Waals surface area contributed by atoms with E-state index in [0.29, 0.717) is 17.7 Å². The molecular formula is C9H16N4O. The molecule has 0 amide bonds. The minimum Gasteiger partial charge on any atom is -0.396 e. The monoisotopic (exact) mass is 196 g/mol. The molecule has 0 radical (unpaired) electrons. The van der Waals surface area contributed by atoms with E-state index in [4.69, 9.17) is 17.2 Å². The zero-order valence-corrected chi connectivity index (χ0v) is 8.14. The molecule has 5 heteroatoms. The van der Waals surface area contributed by atoms with E-state index < -0.39 is 6.10 Å². The zero-order valence-electron chi connectivity index (χ0n) is 8.14. The van der Waals surface area contributed by atoms with E-state index in [2.05, 4.69) is 4.98 Å². The Hall–Kier alpha value is -1.33. The predicted molar refractivity (Wildman–Crippen MR) is 56.3 cm³/mol. The topological polar surface area (TPSA) is 111 Å². The molecule has 1 aromatic rings. The van der Waals surface area contributed by atoms with Crippen LogP contribution in [0.15, 0.2) is 12.3 Å². The SMILES string of the molecule is CC[C@H](N)[C@@H](O)c1cnc(N)c(N)c1. The molecule has 14 heavy (non-hydrogen) atoms. The molecule has 1 aromatic heterocycles. The standard InChI is InChI=1S/C9H16N4O/c1-2-6(10)8(14)5-3-7(11)9(12)13-4-5/h3-4,6,8,14H,2,10-11H2,1H3,(H2,12,13)/t6-,8-/m0/s1. The minimum atomic E-state index is -0.740. The van der Waals surface area contributed by atoms with E-state index in [1.807, 2.05) is 6.92 Å². The number of rotatable bonds is 3. The predicted octanol–water partition coefficient (Wildman–Crippen LogP) is 0.0167. The van der Waals surface area contributed by atoms with Gasteiger partial charge in [-0.1, -0.05) is 6.92 Å². The molecule has 0 aliphatic heterocycles. The maximum Gasteiger partial charge on any atom is 0.146 e. The summed E-state index contributed by atoms with van der Waals surface area (Å²) in [5, 5.41) is 9.74. The first-order valence-electron chi connectivity index (χ1n) is 4.50. The average molecular weight is 196 g/mol. The maximum atomic E-state index is 9.74. The fraction of sp³-hybridized carbons (Fsp3) is 0.444. The van der Waals surface area contributed by atoms with Crippen molar-refractivity contribution in [2.75, 3.05) is 11.5 Å². The summed E-state index contributed by atoms with van der Waals surface area (Å²) in [6, 6.07) is 1.29. The van der Waals surface area contributed by atoms with Crippen LogP contribution in [0.4, 0.5) is 11.5 Å². The van der Waals surface area contributed by atoms with Crippen LogP contribution >= 0.6 is 0 Å². The molecule has 0 fully saturated rings. The van der Waals surface area contributed by atoms with Gasteiger partial charge in [0.1, 0.15) is 5.82 Å². The van der Waals surface area contributed by atoms with E-state index in [0.717, 1.165) is 0 Å².